The van der Waals surface area contributed by atoms with Gasteiger partial charge in [0.2, 0.25) is 0 Å². The van der Waals surface area contributed by atoms with Crippen LogP contribution in [0.25, 0.3) is 21.7 Å². The molecule has 3 aromatic rings. The van der Waals surface area contributed by atoms with E-state index in [1.165, 1.54) is 12.8 Å². The average Bonchev–Trinajstić information content (AvgIpc) is 3.45. The van der Waals surface area contributed by atoms with Gasteiger partial charge in [-0.05, 0) is 44.4 Å². The quantitative estimate of drug-likeness (QED) is 0.640. The minimum absolute atomic E-state index is 0.164. The molecular weight excluding hydrogens is 388 g/mol. The second-order valence-corrected chi connectivity index (χ2v) is 9.01. The molecule has 8 heteroatoms. The monoisotopic (exact) mass is 414 g/mol. The lowest BCUT2D eigenvalue weighted by molar-refractivity contribution is 0.00455. The van der Waals surface area contributed by atoms with Gasteiger partial charge < -0.3 is 24.5 Å². The average molecular weight is 415 g/mol. The third-order valence-corrected chi connectivity index (χ3v) is 6.51. The summed E-state index contributed by atoms with van der Waals surface area (Å²) in [5.41, 5.74) is 3.54. The predicted molar refractivity (Wildman–Crippen MR) is 113 cm³/mol. The number of aromatic nitrogens is 2. The van der Waals surface area contributed by atoms with E-state index < -0.39 is 6.10 Å². The number of hydrogen-bond acceptors (Lipinski definition) is 8. The van der Waals surface area contributed by atoms with Gasteiger partial charge in [0.25, 0.3) is 6.01 Å². The summed E-state index contributed by atoms with van der Waals surface area (Å²) in [4.78, 5) is 11.6. The van der Waals surface area contributed by atoms with Gasteiger partial charge >= 0.3 is 0 Å². The molecule has 2 saturated heterocycles. The Hall–Kier alpha value is -2.00. The van der Waals surface area contributed by atoms with Crippen LogP contribution in [0.5, 0.6) is 0 Å². The zero-order valence-electron chi connectivity index (χ0n) is 16.7. The molecule has 2 aliphatic rings. The van der Waals surface area contributed by atoms with Gasteiger partial charge in [-0.2, -0.15) is 4.98 Å². The summed E-state index contributed by atoms with van der Waals surface area (Å²) in [5.74, 6) is 0. The number of thiazole rings is 1. The first-order valence-corrected chi connectivity index (χ1v) is 11.1. The molecule has 5 rings (SSSR count). The van der Waals surface area contributed by atoms with E-state index in [4.69, 9.17) is 14.1 Å². The van der Waals surface area contributed by atoms with E-state index in [1.807, 2.05) is 18.4 Å². The second-order valence-electron chi connectivity index (χ2n) is 8.12. The van der Waals surface area contributed by atoms with Crippen molar-refractivity contribution in [2.75, 3.05) is 24.6 Å². The van der Waals surface area contributed by atoms with Crippen molar-refractivity contribution in [2.24, 2.45) is 0 Å². The van der Waals surface area contributed by atoms with Crippen molar-refractivity contribution >= 4 is 28.5 Å². The molecule has 4 atom stereocenters. The van der Waals surface area contributed by atoms with Crippen LogP contribution in [0.1, 0.15) is 38.4 Å². The van der Waals surface area contributed by atoms with E-state index in [1.54, 1.807) is 24.5 Å². The van der Waals surface area contributed by atoms with Crippen molar-refractivity contribution in [3.63, 3.8) is 0 Å². The van der Waals surface area contributed by atoms with E-state index in [9.17, 15) is 5.11 Å². The van der Waals surface area contributed by atoms with Gasteiger partial charge in [-0.15, -0.1) is 11.3 Å². The number of aliphatic hydroxyl groups excluding tert-OH is 1. The number of fused-ring (bicyclic) bond motifs is 3. The summed E-state index contributed by atoms with van der Waals surface area (Å²) < 4.78 is 12.1. The van der Waals surface area contributed by atoms with Crippen molar-refractivity contribution in [1.82, 2.24) is 15.3 Å². The Kier molecular flexibility index (Phi) is 5.03. The number of aliphatic hydroxyl groups is 1. The Morgan fingerprint density at radius 2 is 2.10 bits per heavy atom. The first kappa shape index (κ1) is 19.0. The van der Waals surface area contributed by atoms with E-state index in [-0.39, 0.29) is 6.10 Å². The molecule has 0 radical (unpaired) electrons. The molecule has 2 aliphatic heterocycles. The molecule has 0 spiro atoms. The highest BCUT2D eigenvalue weighted by Gasteiger charge is 2.34. The minimum atomic E-state index is -0.499. The first-order valence-electron chi connectivity index (χ1n) is 10.2. The smallest absolute Gasteiger partial charge is 0.298 e. The SMILES string of the molecule is CC(O)COC(C)c1cc(-c2nccs2)c2oc(N3CC4CCC(C3)N4)nc2c1. The van der Waals surface area contributed by atoms with Crippen LogP contribution >= 0.6 is 11.3 Å². The van der Waals surface area contributed by atoms with Crippen molar-refractivity contribution in [2.45, 2.75) is 51.0 Å². The number of hydrogen-bond donors (Lipinski definition) is 2. The van der Waals surface area contributed by atoms with Crippen LogP contribution in [0.2, 0.25) is 0 Å². The molecule has 0 saturated carbocycles. The molecule has 7 nitrogen and oxygen atoms in total. The highest BCUT2D eigenvalue weighted by molar-refractivity contribution is 7.13. The molecule has 4 heterocycles. The fourth-order valence-corrected chi connectivity index (χ4v) is 4.91. The topological polar surface area (TPSA) is 83.7 Å². The standard InChI is InChI=1S/C21H26N4O3S/c1-12(26)11-27-13(2)14-7-17(20-22-5-6-29-20)19-18(8-14)24-21(28-19)25-9-15-3-4-16(10-25)23-15/h5-8,12-13,15-16,23,26H,3-4,9-11H2,1-2H3. The molecule has 29 heavy (non-hydrogen) atoms. The molecule has 4 unspecified atom stereocenters. The van der Waals surface area contributed by atoms with Gasteiger partial charge in [0, 0.05) is 36.8 Å². The fourth-order valence-electron chi connectivity index (χ4n) is 4.26. The van der Waals surface area contributed by atoms with Crippen molar-refractivity contribution in [1.29, 1.82) is 0 Å². The highest BCUT2D eigenvalue weighted by Crippen LogP contribution is 2.37. The maximum atomic E-state index is 9.55. The molecule has 2 fully saturated rings. The van der Waals surface area contributed by atoms with Gasteiger partial charge in [-0.1, -0.05) is 0 Å². The third-order valence-electron chi connectivity index (χ3n) is 5.71. The Balaban J connectivity index is 1.53. The maximum absolute atomic E-state index is 9.55. The lowest BCUT2D eigenvalue weighted by atomic mass is 10.1. The van der Waals surface area contributed by atoms with Gasteiger partial charge in [-0.3, -0.25) is 0 Å². The van der Waals surface area contributed by atoms with Crippen LogP contribution in [0.15, 0.2) is 28.1 Å². The Morgan fingerprint density at radius 1 is 1.31 bits per heavy atom. The molecular formula is C21H26N4O3S. The number of piperazine rings is 1. The van der Waals surface area contributed by atoms with Gasteiger partial charge in [-0.25, -0.2) is 4.98 Å². The summed E-state index contributed by atoms with van der Waals surface area (Å²) in [6, 6.07) is 5.83. The summed E-state index contributed by atoms with van der Waals surface area (Å²) in [6.45, 7) is 5.86. The van der Waals surface area contributed by atoms with Gasteiger partial charge in [0.15, 0.2) is 5.58 Å². The summed E-state index contributed by atoms with van der Waals surface area (Å²) in [6.07, 6.45) is 3.57. The van der Waals surface area contributed by atoms with Crippen LogP contribution in [-0.2, 0) is 4.74 Å². The second kappa shape index (κ2) is 7.68. The van der Waals surface area contributed by atoms with E-state index in [0.29, 0.717) is 24.7 Å². The summed E-state index contributed by atoms with van der Waals surface area (Å²) in [5, 5.41) is 16.1. The Labute approximate surface area is 173 Å². The van der Waals surface area contributed by atoms with Crippen molar-refractivity contribution in [3.8, 4) is 10.6 Å². The lowest BCUT2D eigenvalue weighted by Gasteiger charge is -2.31. The number of benzene rings is 1. The fraction of sp³-hybridized carbons (Fsp3) is 0.524. The third kappa shape index (κ3) is 3.77. The lowest BCUT2D eigenvalue weighted by Crippen LogP contribution is -2.51. The molecule has 1 aromatic carbocycles. The van der Waals surface area contributed by atoms with Crippen LogP contribution in [0.4, 0.5) is 6.01 Å². The van der Waals surface area contributed by atoms with Crippen molar-refractivity contribution < 1.29 is 14.3 Å². The van der Waals surface area contributed by atoms with Crippen LogP contribution in [-0.4, -0.2) is 53.0 Å². The molecule has 2 N–H and O–H groups in total. The number of nitrogens with one attached hydrogen (secondary N) is 1. The Morgan fingerprint density at radius 3 is 2.79 bits per heavy atom. The zero-order valence-corrected chi connectivity index (χ0v) is 17.5. The summed E-state index contributed by atoms with van der Waals surface area (Å²) >= 11 is 1.58. The Bertz CT molecular complexity index is 975. The number of rotatable bonds is 6. The number of oxazole rings is 1. The molecule has 2 aromatic heterocycles. The largest absolute Gasteiger partial charge is 0.423 e. The molecule has 2 bridgehead atoms. The normalized spacial score (nSPS) is 23.6. The highest BCUT2D eigenvalue weighted by atomic mass is 32.1. The minimum Gasteiger partial charge on any atom is -0.423 e. The van der Waals surface area contributed by atoms with Gasteiger partial charge in [0.05, 0.1) is 24.4 Å². The summed E-state index contributed by atoms with van der Waals surface area (Å²) in [7, 11) is 0. The van der Waals surface area contributed by atoms with E-state index >= 15 is 0 Å². The number of nitrogens with zero attached hydrogens (tertiary/aromatic N) is 3. The van der Waals surface area contributed by atoms with Crippen LogP contribution in [0.3, 0.4) is 0 Å². The zero-order chi connectivity index (χ0) is 20.0. The van der Waals surface area contributed by atoms with Gasteiger partial charge in [0.1, 0.15) is 10.5 Å². The number of ether oxygens (including phenoxy) is 1. The predicted octanol–water partition coefficient (Wildman–Crippen LogP) is 3.35. The van der Waals surface area contributed by atoms with Crippen LogP contribution < -0.4 is 10.2 Å². The van der Waals surface area contributed by atoms with E-state index in [0.717, 1.165) is 40.3 Å². The number of anilines is 1. The first-order chi connectivity index (χ1) is 14.1. The maximum Gasteiger partial charge on any atom is 0.298 e. The molecule has 154 valence electrons. The van der Waals surface area contributed by atoms with Crippen LogP contribution in [0, 0.1) is 0 Å². The molecule has 0 amide bonds. The van der Waals surface area contributed by atoms with E-state index in [2.05, 4.69) is 21.3 Å². The van der Waals surface area contributed by atoms with Crippen molar-refractivity contribution in [3.05, 3.63) is 29.3 Å². The molecule has 0 aliphatic carbocycles.